The summed E-state index contributed by atoms with van der Waals surface area (Å²) in [6, 6.07) is 7.07. The molecular formula is C15H13BrClF2NO. The van der Waals surface area contributed by atoms with Gasteiger partial charge in [-0.05, 0) is 35.1 Å². The highest BCUT2D eigenvalue weighted by molar-refractivity contribution is 9.10. The third kappa shape index (κ3) is 3.20. The van der Waals surface area contributed by atoms with E-state index in [9.17, 15) is 8.78 Å². The molecule has 2 rings (SSSR count). The Morgan fingerprint density at radius 3 is 2.57 bits per heavy atom. The maximum Gasteiger partial charge on any atom is 0.146 e. The lowest BCUT2D eigenvalue weighted by Gasteiger charge is -2.21. The molecule has 0 aromatic heterocycles. The maximum atomic E-state index is 14.2. The van der Waals surface area contributed by atoms with Crippen LogP contribution in [0.4, 0.5) is 8.78 Å². The second kappa shape index (κ2) is 6.73. The van der Waals surface area contributed by atoms with Crippen LogP contribution < -0.4 is 10.1 Å². The standard InChI is InChI=1S/C15H13BrClF2NO/c1-20-15(8-4-3-5-11(17)14(8)19)9-6-10(16)12(18)7-13(9)21-2/h3-7,15,20H,1-2H3. The smallest absolute Gasteiger partial charge is 0.146 e. The Hall–Kier alpha value is -1.17. The van der Waals surface area contributed by atoms with Gasteiger partial charge in [0.15, 0.2) is 0 Å². The summed E-state index contributed by atoms with van der Waals surface area (Å²) >= 11 is 8.96. The molecular weight excluding hydrogens is 364 g/mol. The van der Waals surface area contributed by atoms with Gasteiger partial charge in [0.1, 0.15) is 17.4 Å². The molecule has 112 valence electrons. The zero-order valence-electron chi connectivity index (χ0n) is 11.4. The lowest BCUT2D eigenvalue weighted by Crippen LogP contribution is -2.20. The maximum absolute atomic E-state index is 14.2. The van der Waals surface area contributed by atoms with E-state index in [0.29, 0.717) is 16.9 Å². The molecule has 0 aliphatic rings. The van der Waals surface area contributed by atoms with E-state index in [2.05, 4.69) is 21.2 Å². The van der Waals surface area contributed by atoms with Crippen molar-refractivity contribution in [1.82, 2.24) is 5.32 Å². The zero-order valence-corrected chi connectivity index (χ0v) is 13.7. The molecule has 1 N–H and O–H groups in total. The average molecular weight is 377 g/mol. The van der Waals surface area contributed by atoms with Gasteiger partial charge in [0.2, 0.25) is 0 Å². The van der Waals surface area contributed by atoms with Crippen LogP contribution in [-0.4, -0.2) is 14.2 Å². The summed E-state index contributed by atoms with van der Waals surface area (Å²) in [5.74, 6) is -0.632. The molecule has 2 aromatic rings. The highest BCUT2D eigenvalue weighted by Crippen LogP contribution is 2.35. The second-order valence-corrected chi connectivity index (χ2v) is 5.63. The number of nitrogens with one attached hydrogen (secondary N) is 1. The van der Waals surface area contributed by atoms with E-state index >= 15 is 0 Å². The summed E-state index contributed by atoms with van der Waals surface area (Å²) in [5, 5.41) is 3.04. The van der Waals surface area contributed by atoms with Crippen LogP contribution in [0.15, 0.2) is 34.8 Å². The predicted octanol–water partition coefficient (Wildman–Crippen LogP) is 4.70. The van der Waals surface area contributed by atoms with Crippen LogP contribution in [0, 0.1) is 11.6 Å². The quantitative estimate of drug-likeness (QED) is 0.835. The molecule has 0 radical (unpaired) electrons. The number of methoxy groups -OCH3 is 1. The molecule has 0 aliphatic heterocycles. The first-order chi connectivity index (χ1) is 9.99. The minimum Gasteiger partial charge on any atom is -0.496 e. The summed E-state index contributed by atoms with van der Waals surface area (Å²) in [6.45, 7) is 0. The highest BCUT2D eigenvalue weighted by Gasteiger charge is 2.22. The van der Waals surface area contributed by atoms with Crippen LogP contribution in [-0.2, 0) is 0 Å². The Labute approximate surface area is 135 Å². The average Bonchev–Trinajstić information content (AvgIpc) is 2.47. The molecule has 0 fully saturated rings. The number of halogens is 4. The van der Waals surface area contributed by atoms with Gasteiger partial charge < -0.3 is 10.1 Å². The van der Waals surface area contributed by atoms with Crippen molar-refractivity contribution in [2.45, 2.75) is 6.04 Å². The Morgan fingerprint density at radius 1 is 1.24 bits per heavy atom. The first kappa shape index (κ1) is 16.2. The fraction of sp³-hybridized carbons (Fsp3) is 0.200. The summed E-state index contributed by atoms with van der Waals surface area (Å²) in [5.41, 5.74) is 0.969. The third-order valence-corrected chi connectivity index (χ3v) is 4.06. The van der Waals surface area contributed by atoms with Crippen molar-refractivity contribution < 1.29 is 13.5 Å². The van der Waals surface area contributed by atoms with Gasteiger partial charge in [-0.2, -0.15) is 0 Å². The molecule has 0 bridgehead atoms. The molecule has 0 aliphatic carbocycles. The van der Waals surface area contributed by atoms with Gasteiger partial charge in [-0.15, -0.1) is 0 Å². The van der Waals surface area contributed by atoms with Gasteiger partial charge in [0.25, 0.3) is 0 Å². The van der Waals surface area contributed by atoms with Crippen molar-refractivity contribution in [1.29, 1.82) is 0 Å². The van der Waals surface area contributed by atoms with E-state index < -0.39 is 17.7 Å². The van der Waals surface area contributed by atoms with Crippen molar-refractivity contribution in [3.05, 3.63) is 62.6 Å². The summed E-state index contributed by atoms with van der Waals surface area (Å²) < 4.78 is 33.3. The largest absolute Gasteiger partial charge is 0.496 e. The molecule has 0 amide bonds. The first-order valence-electron chi connectivity index (χ1n) is 6.13. The van der Waals surface area contributed by atoms with Crippen molar-refractivity contribution >= 4 is 27.5 Å². The predicted molar refractivity (Wildman–Crippen MR) is 83.0 cm³/mol. The second-order valence-electron chi connectivity index (χ2n) is 4.37. The van der Waals surface area contributed by atoms with E-state index in [1.165, 1.54) is 19.2 Å². The Kier molecular flexibility index (Phi) is 5.19. The Bertz CT molecular complexity index is 666. The molecule has 1 unspecified atom stereocenters. The molecule has 6 heteroatoms. The number of hydrogen-bond acceptors (Lipinski definition) is 2. The van der Waals surface area contributed by atoms with Crippen LogP contribution in [0.3, 0.4) is 0 Å². The summed E-state index contributed by atoms with van der Waals surface area (Å²) in [7, 11) is 3.12. The van der Waals surface area contributed by atoms with Crippen LogP contribution >= 0.6 is 27.5 Å². The van der Waals surface area contributed by atoms with E-state index in [1.807, 2.05) is 0 Å². The molecule has 0 saturated heterocycles. The van der Waals surface area contributed by atoms with E-state index in [0.717, 1.165) is 0 Å². The molecule has 21 heavy (non-hydrogen) atoms. The fourth-order valence-corrected chi connectivity index (χ4v) is 2.71. The van der Waals surface area contributed by atoms with E-state index in [1.54, 1.807) is 25.2 Å². The SMILES string of the molecule is CNC(c1cc(Br)c(F)cc1OC)c1cccc(Cl)c1F. The number of rotatable bonds is 4. The first-order valence-corrected chi connectivity index (χ1v) is 7.30. The van der Waals surface area contributed by atoms with Crippen molar-refractivity contribution in [3.63, 3.8) is 0 Å². The molecule has 1 atom stereocenters. The van der Waals surface area contributed by atoms with Crippen LogP contribution in [0.25, 0.3) is 0 Å². The van der Waals surface area contributed by atoms with Gasteiger partial charge >= 0.3 is 0 Å². The van der Waals surface area contributed by atoms with Crippen molar-refractivity contribution in [3.8, 4) is 5.75 Å². The monoisotopic (exact) mass is 375 g/mol. The third-order valence-electron chi connectivity index (χ3n) is 3.16. The summed E-state index contributed by atoms with van der Waals surface area (Å²) in [4.78, 5) is 0. The number of hydrogen-bond donors (Lipinski definition) is 1. The van der Waals surface area contributed by atoms with Crippen molar-refractivity contribution in [2.24, 2.45) is 0 Å². The van der Waals surface area contributed by atoms with Crippen LogP contribution in [0.1, 0.15) is 17.2 Å². The van der Waals surface area contributed by atoms with Crippen LogP contribution in [0.5, 0.6) is 5.75 Å². The molecule has 0 spiro atoms. The lowest BCUT2D eigenvalue weighted by molar-refractivity contribution is 0.400. The Morgan fingerprint density at radius 2 is 1.95 bits per heavy atom. The molecule has 2 aromatic carbocycles. The topological polar surface area (TPSA) is 21.3 Å². The fourth-order valence-electron chi connectivity index (χ4n) is 2.17. The van der Waals surface area contributed by atoms with Gasteiger partial charge in [-0.1, -0.05) is 23.7 Å². The number of benzene rings is 2. The Balaban J connectivity index is 2.61. The van der Waals surface area contributed by atoms with Gasteiger partial charge in [0.05, 0.1) is 22.6 Å². The minimum atomic E-state index is -0.518. The highest BCUT2D eigenvalue weighted by atomic mass is 79.9. The lowest BCUT2D eigenvalue weighted by atomic mass is 9.97. The minimum absolute atomic E-state index is 0.0351. The van der Waals surface area contributed by atoms with E-state index in [4.69, 9.17) is 16.3 Å². The van der Waals surface area contributed by atoms with Gasteiger partial charge in [-0.3, -0.25) is 0 Å². The van der Waals surface area contributed by atoms with Crippen molar-refractivity contribution in [2.75, 3.05) is 14.2 Å². The normalized spacial score (nSPS) is 12.3. The molecule has 2 nitrogen and oxygen atoms in total. The molecule has 0 saturated carbocycles. The summed E-state index contributed by atoms with van der Waals surface area (Å²) in [6.07, 6.45) is 0. The molecule has 0 heterocycles. The van der Waals surface area contributed by atoms with Gasteiger partial charge in [-0.25, -0.2) is 8.78 Å². The number of ether oxygens (including phenoxy) is 1. The van der Waals surface area contributed by atoms with Gasteiger partial charge in [0, 0.05) is 17.2 Å². The zero-order chi connectivity index (χ0) is 15.6. The van der Waals surface area contributed by atoms with E-state index in [-0.39, 0.29) is 9.50 Å². The van der Waals surface area contributed by atoms with Crippen LogP contribution in [0.2, 0.25) is 5.02 Å².